The van der Waals surface area contributed by atoms with E-state index in [0.29, 0.717) is 0 Å². The van der Waals surface area contributed by atoms with Gasteiger partial charge in [-0.05, 0) is 6.42 Å². The van der Waals surface area contributed by atoms with Gasteiger partial charge in [-0.3, -0.25) is 13.4 Å². The van der Waals surface area contributed by atoms with Gasteiger partial charge in [0.05, 0.1) is 0 Å². The molecule has 15 heavy (non-hydrogen) atoms. The number of hydrogen-bond acceptors (Lipinski definition) is 5. The fourth-order valence-corrected chi connectivity index (χ4v) is 0.366. The molecule has 0 aromatic rings. The minimum absolute atomic E-state index is 0. The Balaban J connectivity index is -0.0000000770. The van der Waals surface area contributed by atoms with Gasteiger partial charge in [-0.15, -0.1) is 0 Å². The van der Waals surface area contributed by atoms with E-state index in [2.05, 4.69) is 11.9 Å². The molecule has 0 radical (unpaired) electrons. The van der Waals surface area contributed by atoms with Crippen LogP contribution in [0, 0.1) is 0 Å². The maximum absolute atomic E-state index is 8.52. The molecule has 0 aromatic carbocycles. The molecular formula is C5H13N3Na2O4S. The second kappa shape index (κ2) is 15.1. The van der Waals surface area contributed by atoms with Crippen molar-refractivity contribution in [3.8, 4) is 0 Å². The van der Waals surface area contributed by atoms with E-state index in [-0.39, 0.29) is 65.1 Å². The second-order valence-corrected chi connectivity index (χ2v) is 2.88. The summed E-state index contributed by atoms with van der Waals surface area (Å²) in [5.74, 6) is 0.193. The Morgan fingerprint density at radius 1 is 1.27 bits per heavy atom. The molecule has 0 fully saturated rings. The first-order chi connectivity index (χ1) is 5.77. The van der Waals surface area contributed by atoms with Crippen molar-refractivity contribution in [2.24, 2.45) is 16.5 Å². The van der Waals surface area contributed by atoms with Gasteiger partial charge in [0.25, 0.3) is 0 Å². The molecule has 0 rings (SSSR count). The van der Waals surface area contributed by atoms with Crippen molar-refractivity contribution in [1.82, 2.24) is 0 Å². The molecule has 10 heteroatoms. The summed E-state index contributed by atoms with van der Waals surface area (Å²) in [7, 11) is -5.17. The monoisotopic (exact) mass is 257 g/mol. The molecule has 0 aliphatic rings. The van der Waals surface area contributed by atoms with Gasteiger partial charge in [0.2, 0.25) is 0 Å². The van der Waals surface area contributed by atoms with E-state index in [1.807, 2.05) is 0 Å². The van der Waals surface area contributed by atoms with Gasteiger partial charge >= 0.3 is 59.1 Å². The summed E-state index contributed by atoms with van der Waals surface area (Å²) in [6, 6.07) is 0. The Morgan fingerprint density at radius 2 is 1.60 bits per heavy atom. The maximum atomic E-state index is 8.52. The third kappa shape index (κ3) is 69.3. The topological polar surface area (TPSA) is 145 Å². The van der Waals surface area contributed by atoms with Gasteiger partial charge < -0.3 is 20.6 Å². The Kier molecular flexibility index (Phi) is 25.3. The van der Waals surface area contributed by atoms with Crippen LogP contribution < -0.4 is 70.6 Å². The third-order valence-corrected chi connectivity index (χ3v) is 0.806. The summed E-state index contributed by atoms with van der Waals surface area (Å²) in [6.07, 6.45) is 2.20. The van der Waals surface area contributed by atoms with Crippen LogP contribution in [-0.2, 0) is 10.4 Å². The Morgan fingerprint density at radius 3 is 1.80 bits per heavy atom. The average molecular weight is 257 g/mol. The van der Waals surface area contributed by atoms with E-state index >= 15 is 0 Å². The van der Waals surface area contributed by atoms with Crippen LogP contribution in [0.3, 0.4) is 0 Å². The van der Waals surface area contributed by atoms with Crippen molar-refractivity contribution in [2.45, 2.75) is 19.8 Å². The minimum Gasteiger partial charge on any atom is -0.759 e. The van der Waals surface area contributed by atoms with Gasteiger partial charge in [0.1, 0.15) is 0 Å². The van der Waals surface area contributed by atoms with E-state index in [1.54, 1.807) is 0 Å². The van der Waals surface area contributed by atoms with Crippen molar-refractivity contribution in [2.75, 3.05) is 6.54 Å². The summed E-state index contributed by atoms with van der Waals surface area (Å²) in [5.41, 5.74) is 10.1. The molecule has 0 saturated heterocycles. The quantitative estimate of drug-likeness (QED) is 0.128. The predicted molar refractivity (Wildman–Crippen MR) is 46.1 cm³/mol. The number of nitrogens with zero attached hydrogens (tertiary/aromatic N) is 1. The van der Waals surface area contributed by atoms with Gasteiger partial charge in [0, 0.05) is 16.9 Å². The predicted octanol–water partition coefficient (Wildman–Crippen LogP) is -7.27. The normalized spacial score (nSPS) is 8.47. The third-order valence-electron chi connectivity index (χ3n) is 0.806. The number of rotatable bonds is 3. The van der Waals surface area contributed by atoms with Crippen molar-refractivity contribution >= 4 is 16.4 Å². The minimum atomic E-state index is -5.17. The summed E-state index contributed by atoms with van der Waals surface area (Å²) < 4.78 is 34.1. The van der Waals surface area contributed by atoms with Crippen LogP contribution in [0.25, 0.3) is 0 Å². The molecule has 4 N–H and O–H groups in total. The fourth-order valence-electron chi connectivity index (χ4n) is 0.366. The number of nitrogens with two attached hydrogens (primary N) is 2. The van der Waals surface area contributed by atoms with Crippen LogP contribution in [0.15, 0.2) is 4.99 Å². The number of hydrogen-bond donors (Lipinski definition) is 2. The molecule has 0 saturated carbocycles. The van der Waals surface area contributed by atoms with E-state index in [4.69, 9.17) is 29.0 Å². The van der Waals surface area contributed by atoms with E-state index in [9.17, 15) is 0 Å². The number of unbranched alkanes of at least 4 members (excludes halogenated alkanes) is 1. The average Bonchev–Trinajstić information content (AvgIpc) is 1.83. The first-order valence-corrected chi connectivity index (χ1v) is 4.82. The Labute approximate surface area is 134 Å². The van der Waals surface area contributed by atoms with Crippen LogP contribution in [0.4, 0.5) is 0 Å². The molecule has 0 aliphatic carbocycles. The maximum Gasteiger partial charge on any atom is 1.00 e. The van der Waals surface area contributed by atoms with Crippen molar-refractivity contribution in [3.63, 3.8) is 0 Å². The van der Waals surface area contributed by atoms with Gasteiger partial charge in [0.15, 0.2) is 5.96 Å². The second-order valence-electron chi connectivity index (χ2n) is 2.07. The van der Waals surface area contributed by atoms with Gasteiger partial charge in [-0.2, -0.15) is 0 Å². The molecular weight excluding hydrogens is 244 g/mol. The van der Waals surface area contributed by atoms with Crippen LogP contribution in [0.1, 0.15) is 19.8 Å². The molecule has 80 valence electrons. The van der Waals surface area contributed by atoms with Crippen molar-refractivity contribution in [3.05, 3.63) is 0 Å². The first-order valence-electron chi connectivity index (χ1n) is 3.49. The summed E-state index contributed by atoms with van der Waals surface area (Å²) in [5, 5.41) is 0. The SMILES string of the molecule is CCCCN=C(N)N.O=S(=O)([O-])[O-].[Na+].[Na+]. The molecule has 0 bridgehead atoms. The van der Waals surface area contributed by atoms with E-state index < -0.39 is 10.4 Å². The van der Waals surface area contributed by atoms with E-state index in [0.717, 1.165) is 19.4 Å². The Hall–Kier alpha value is 1.14. The molecule has 0 atom stereocenters. The zero-order valence-corrected chi connectivity index (χ0v) is 14.1. The molecule has 0 aromatic heterocycles. The molecule has 0 heterocycles. The summed E-state index contributed by atoms with van der Waals surface area (Å²) >= 11 is 0. The zero-order chi connectivity index (χ0) is 10.9. The molecule has 0 unspecified atom stereocenters. The van der Waals surface area contributed by atoms with Crippen LogP contribution in [0.2, 0.25) is 0 Å². The van der Waals surface area contributed by atoms with E-state index in [1.165, 1.54) is 0 Å². The number of guanidine groups is 1. The van der Waals surface area contributed by atoms with Gasteiger partial charge in [-0.25, -0.2) is 0 Å². The van der Waals surface area contributed by atoms with Crippen molar-refractivity contribution in [1.29, 1.82) is 0 Å². The Bertz CT molecular complexity index is 233. The van der Waals surface area contributed by atoms with Crippen LogP contribution >= 0.6 is 0 Å². The molecule has 7 nitrogen and oxygen atoms in total. The molecule has 0 amide bonds. The van der Waals surface area contributed by atoms with Crippen LogP contribution in [0.5, 0.6) is 0 Å². The largest absolute Gasteiger partial charge is 1.00 e. The van der Waals surface area contributed by atoms with Crippen LogP contribution in [-0.4, -0.2) is 30.0 Å². The fraction of sp³-hybridized carbons (Fsp3) is 0.800. The van der Waals surface area contributed by atoms with Gasteiger partial charge in [-0.1, -0.05) is 13.3 Å². The summed E-state index contributed by atoms with van der Waals surface area (Å²) in [6.45, 7) is 2.86. The number of aliphatic imine (C=N–C) groups is 1. The smallest absolute Gasteiger partial charge is 0.759 e. The summed E-state index contributed by atoms with van der Waals surface area (Å²) in [4.78, 5) is 3.79. The first kappa shape index (κ1) is 25.1. The van der Waals surface area contributed by atoms with Crippen molar-refractivity contribution < 1.29 is 76.6 Å². The molecule has 0 aliphatic heterocycles. The molecule has 0 spiro atoms. The zero-order valence-electron chi connectivity index (χ0n) is 9.26. The standard InChI is InChI=1S/C5H13N3.2Na.H2O4S/c1-2-3-4-8-5(6)7;;;1-5(2,3)4/h2-4H2,1H3,(H4,6,7,8);;;(H2,1,2,3,4)/q;2*+1;/p-2.